The van der Waals surface area contributed by atoms with Gasteiger partial charge in [0, 0.05) is 159 Å². The van der Waals surface area contributed by atoms with Crippen LogP contribution >= 0.6 is 43.5 Å². The molecule has 0 saturated carbocycles. The molecule has 12 aromatic rings. The molecular weight excluding hydrogens is 1870 g/mol. The molecule has 0 aliphatic carbocycles. The van der Waals surface area contributed by atoms with Crippen molar-refractivity contribution in [2.24, 2.45) is 0 Å². The molecule has 0 radical (unpaired) electrons. The maximum absolute atomic E-state index is 13.4. The third kappa shape index (κ3) is 33.3. The summed E-state index contributed by atoms with van der Waals surface area (Å²) in [5.74, 6) is 0.756. The van der Waals surface area contributed by atoms with Crippen molar-refractivity contribution in [3.05, 3.63) is 348 Å². The smallest absolute Gasteiger partial charge is 0.433 e. The molecule has 6 aliphatic rings. The molecule has 7 atom stereocenters. The van der Waals surface area contributed by atoms with E-state index in [0.717, 1.165) is 191 Å². The van der Waals surface area contributed by atoms with Gasteiger partial charge in [-0.25, -0.2) is 14.4 Å². The van der Waals surface area contributed by atoms with Crippen molar-refractivity contribution in [2.45, 2.75) is 94.0 Å². The van der Waals surface area contributed by atoms with E-state index < -0.39 is 24.1 Å². The molecule has 6 saturated heterocycles. The van der Waals surface area contributed by atoms with Crippen LogP contribution in [-0.2, 0) is 62.6 Å². The van der Waals surface area contributed by atoms with E-state index >= 15 is 0 Å². The van der Waals surface area contributed by atoms with Crippen molar-refractivity contribution in [3.8, 4) is 5.88 Å². The minimum atomic E-state index is -4.44. The van der Waals surface area contributed by atoms with E-state index in [-0.39, 0.29) is 42.0 Å². The van der Waals surface area contributed by atoms with Crippen LogP contribution in [0.15, 0.2) is 264 Å². The number of morpholine rings is 5. The molecule has 2 unspecified atom stereocenters. The predicted molar refractivity (Wildman–Crippen MR) is 513 cm³/mol. The summed E-state index contributed by atoms with van der Waals surface area (Å²) in [5.41, 5.74) is 16.2. The van der Waals surface area contributed by atoms with Crippen LogP contribution in [0.25, 0.3) is 0 Å². The number of benzene rings is 6. The molecule has 6 aliphatic heterocycles. The van der Waals surface area contributed by atoms with Crippen LogP contribution in [0.1, 0.15) is 122 Å². The number of hydrogen-bond donors (Lipinski definition) is 12. The van der Waals surface area contributed by atoms with Crippen LogP contribution in [-0.4, -0.2) is 155 Å². The van der Waals surface area contributed by atoms with Gasteiger partial charge in [0.15, 0.2) is 6.04 Å². The summed E-state index contributed by atoms with van der Waals surface area (Å²) in [7, 11) is 1.63. The monoisotopic (exact) mass is 1970 g/mol. The molecule has 6 aromatic carbocycles. The van der Waals surface area contributed by atoms with Crippen LogP contribution in [0.4, 0.5) is 64.9 Å². The van der Waals surface area contributed by atoms with Gasteiger partial charge in [0.2, 0.25) is 5.88 Å². The topological polar surface area (TPSA) is 277 Å². The van der Waals surface area contributed by atoms with E-state index in [1.807, 2.05) is 91.1 Å². The molecule has 702 valence electrons. The minimum Gasteiger partial charge on any atom is -0.481 e. The number of hydrogen-bond acceptors (Lipinski definition) is 24. The second kappa shape index (κ2) is 52.1. The molecular formula is C99H110Br2ClF7N18O6. The van der Waals surface area contributed by atoms with E-state index in [9.17, 15) is 30.7 Å². The van der Waals surface area contributed by atoms with Gasteiger partial charge in [0.25, 0.3) is 0 Å². The van der Waals surface area contributed by atoms with Crippen molar-refractivity contribution in [1.29, 1.82) is 0 Å². The van der Waals surface area contributed by atoms with Gasteiger partial charge in [-0.05, 0) is 223 Å². The lowest BCUT2D eigenvalue weighted by atomic mass is 9.98. The molecule has 24 nitrogen and oxygen atoms in total. The second-order valence-electron chi connectivity index (χ2n) is 31.7. The number of halogens is 10. The van der Waals surface area contributed by atoms with Crippen molar-refractivity contribution in [2.75, 3.05) is 151 Å². The van der Waals surface area contributed by atoms with Crippen molar-refractivity contribution in [1.82, 2.24) is 61.8 Å². The van der Waals surface area contributed by atoms with Crippen LogP contribution in [0.5, 0.6) is 5.88 Å². The van der Waals surface area contributed by atoms with Crippen molar-refractivity contribution < 1.29 is 59.2 Å². The van der Waals surface area contributed by atoms with E-state index in [2.05, 4.69) is 210 Å². The molecule has 6 fully saturated rings. The number of alkyl halides is 6. The fourth-order valence-electron chi connectivity index (χ4n) is 14.7. The Kier molecular flexibility index (Phi) is 39.0. The second-order valence-corrected chi connectivity index (χ2v) is 33.9. The largest absolute Gasteiger partial charge is 0.481 e. The molecule has 12 N–H and O–H groups in total. The van der Waals surface area contributed by atoms with Gasteiger partial charge >= 0.3 is 12.4 Å². The lowest BCUT2D eigenvalue weighted by Gasteiger charge is -2.24. The summed E-state index contributed by atoms with van der Waals surface area (Å²) in [6.45, 7) is 17.6. The van der Waals surface area contributed by atoms with Gasteiger partial charge in [-0.15, -0.1) is 0 Å². The van der Waals surface area contributed by atoms with Crippen molar-refractivity contribution >= 4 is 77.6 Å². The average Bonchev–Trinajstić information content (AvgIpc) is 1.39. The quantitative estimate of drug-likeness (QED) is 0.0187. The number of nitrogens with one attached hydrogen (secondary N) is 12. The molecule has 34 heteroatoms. The SMILES string of the molecule is Brc1ccc(CNc2ccc([C@H]3CNCCO3)cc2)nc1.COc1cccc(CNc2ccc([C@H]3CNCCO3)cc2)n1.Clc1ccc(CNc2ccc([C@H]3CNCCO3)cc2)cn1.FC(F)(F)C(Nc1ccc(C2CCNC2)cc1)c1ccc(Br)cn1.FC(F)(F)c1ccc(CNc2ccc([C@H]3CNCCO3)cc2)cn1.Fc1ccc(CNc2ccc([C@H]3CNCCO3)cc2)nc1. The van der Waals surface area contributed by atoms with Gasteiger partial charge < -0.3 is 92.2 Å². The zero-order chi connectivity index (χ0) is 92.8. The van der Waals surface area contributed by atoms with Gasteiger partial charge in [0.1, 0.15) is 16.7 Å². The number of nitrogens with zero attached hydrogens (tertiary/aromatic N) is 6. The third-order valence-corrected chi connectivity index (χ3v) is 23.2. The molecule has 12 heterocycles. The Morgan fingerprint density at radius 1 is 0.383 bits per heavy atom. The highest BCUT2D eigenvalue weighted by molar-refractivity contribution is 9.10. The standard InChI is InChI=1S/C17H17BrF3N3.C17H18F3N3O.C17H21N3O2.C16H18BrN3O.C16H18ClN3O.C16H18FN3O/c18-13-3-6-15(23-10-13)16(17(19,20)21)24-14-4-1-11(2-5-14)12-7-8-22-9-12;18-17(19,20)16-6-1-12(10-23-16)9-22-14-4-2-13(3-5-14)15-11-21-7-8-24-15;1-21-17-4-2-3-15(20-17)11-19-14-7-5-13(6-8-14)16-12-18-9-10-22-16;17-13-3-6-15(19-9-13)10-20-14-4-1-12(2-5-14)16-11-18-7-8-21-16;17-16-6-1-12(10-20-16)9-19-14-4-2-13(3-5-14)15-11-18-7-8-21-15;17-13-3-6-15(19-9-13)10-20-14-4-1-12(2-5-14)16-11-18-7-8-21-16/h1-6,10,12,16,22,24H,7-9H2;1-6,10,15,21-22H,7-9,11H2;2-8,16,18-19H,9-12H2,1H3;1-6,9,16,18,20H,7-8,10-11H2;1-6,10,15,18-19H,7-9,11H2;1-6,9,16,18,20H,7-8,10-11H2/t;15-;2*16-;15-;16-/m.11111/s1. The number of anilines is 6. The number of rotatable bonds is 25. The number of pyridine rings is 6. The first-order valence-electron chi connectivity index (χ1n) is 44.1. The summed E-state index contributed by atoms with van der Waals surface area (Å²) >= 11 is 12.3. The van der Waals surface area contributed by atoms with Crippen LogP contribution < -0.4 is 68.5 Å². The van der Waals surface area contributed by atoms with Crippen LogP contribution in [0.2, 0.25) is 5.15 Å². The summed E-state index contributed by atoms with van der Waals surface area (Å²) in [5, 5.41) is 39.5. The fourth-order valence-corrected chi connectivity index (χ4v) is 15.3. The molecule has 133 heavy (non-hydrogen) atoms. The van der Waals surface area contributed by atoms with Gasteiger partial charge in [-0.3, -0.25) is 19.9 Å². The minimum absolute atomic E-state index is 0.0604. The first-order valence-corrected chi connectivity index (χ1v) is 46.1. The zero-order valence-corrected chi connectivity index (χ0v) is 77.4. The lowest BCUT2D eigenvalue weighted by Crippen LogP contribution is -2.33. The first-order chi connectivity index (χ1) is 64.7. The van der Waals surface area contributed by atoms with Crippen LogP contribution in [0, 0.1) is 5.82 Å². The number of ether oxygens (including phenoxy) is 6. The van der Waals surface area contributed by atoms with Gasteiger partial charge in [-0.2, -0.15) is 26.3 Å². The molecule has 0 bridgehead atoms. The Labute approximate surface area is 792 Å². The maximum Gasteiger partial charge on any atom is 0.433 e. The Balaban J connectivity index is 0.000000136. The first kappa shape index (κ1) is 99.6. The zero-order valence-electron chi connectivity index (χ0n) is 73.5. The Bertz CT molecular complexity index is 5100. The summed E-state index contributed by atoms with van der Waals surface area (Å²) < 4.78 is 126. The van der Waals surface area contributed by atoms with E-state index in [1.165, 1.54) is 59.0 Å². The number of methoxy groups -OCH3 is 1. The van der Waals surface area contributed by atoms with E-state index in [1.54, 1.807) is 43.6 Å². The summed E-state index contributed by atoms with van der Waals surface area (Å²) in [6.07, 6.45) is 0.327. The fraction of sp³-hybridized carbons (Fsp3) is 0.333. The Morgan fingerprint density at radius 2 is 0.767 bits per heavy atom. The highest BCUT2D eigenvalue weighted by atomic mass is 79.9. The van der Waals surface area contributed by atoms with E-state index in [4.69, 9.17) is 40.0 Å². The molecule has 18 rings (SSSR count). The molecule has 0 spiro atoms. The molecule has 6 aromatic heterocycles. The Hall–Kier alpha value is -10.9. The highest BCUT2D eigenvalue weighted by Gasteiger charge is 2.42. The average molecular weight is 1980 g/mol. The Morgan fingerprint density at radius 3 is 1.11 bits per heavy atom. The summed E-state index contributed by atoms with van der Waals surface area (Å²) in [4.78, 5) is 24.2. The van der Waals surface area contributed by atoms with Crippen LogP contribution in [0.3, 0.4) is 0 Å². The van der Waals surface area contributed by atoms with Gasteiger partial charge in [-0.1, -0.05) is 103 Å². The van der Waals surface area contributed by atoms with Gasteiger partial charge in [0.05, 0.1) is 119 Å². The predicted octanol–water partition coefficient (Wildman–Crippen LogP) is 19.0. The van der Waals surface area contributed by atoms with E-state index in [0.29, 0.717) is 65.5 Å². The highest BCUT2D eigenvalue weighted by Crippen LogP contribution is 2.37. The lowest BCUT2D eigenvalue weighted by molar-refractivity contribution is -0.144. The maximum atomic E-state index is 13.4. The number of aromatic nitrogens is 6. The third-order valence-electron chi connectivity index (χ3n) is 22.1. The normalized spacial score (nSPS) is 18.5. The van der Waals surface area contributed by atoms with Crippen molar-refractivity contribution in [3.63, 3.8) is 0 Å². The molecule has 0 amide bonds. The summed E-state index contributed by atoms with van der Waals surface area (Å²) in [6, 6.07) is 68.5.